The maximum atomic E-state index is 3.48. The molecule has 0 aliphatic carbocycles. The van der Waals surface area contributed by atoms with Gasteiger partial charge in [0.05, 0.1) is 0 Å². The average Bonchev–Trinajstić information content (AvgIpc) is 2.04. The highest BCUT2D eigenvalue weighted by Crippen LogP contribution is 2.22. The zero-order valence-corrected chi connectivity index (χ0v) is 10.2. The number of nitrogens with one attached hydrogen (secondary N) is 1. The Balaban J connectivity index is 0.00000169. The zero-order valence-electron chi connectivity index (χ0n) is 9.42. The summed E-state index contributed by atoms with van der Waals surface area (Å²) in [6, 6.07) is 8.54. The maximum Gasteiger partial charge on any atom is 0.0379 e. The topological polar surface area (TPSA) is 12.0 Å². The molecule has 2 heteroatoms. The predicted molar refractivity (Wildman–Crippen MR) is 65.1 cm³/mol. The molecule has 0 atom stereocenters. The number of halogens is 1. The van der Waals surface area contributed by atoms with Crippen LogP contribution in [-0.2, 0) is 5.54 Å². The van der Waals surface area contributed by atoms with Crippen molar-refractivity contribution in [3.05, 3.63) is 35.4 Å². The number of rotatable bonds is 3. The fourth-order valence-corrected chi connectivity index (χ4v) is 1.81. The van der Waals surface area contributed by atoms with Gasteiger partial charge in [0.1, 0.15) is 0 Å². The van der Waals surface area contributed by atoms with Crippen LogP contribution in [0.15, 0.2) is 24.3 Å². The summed E-state index contributed by atoms with van der Waals surface area (Å²) in [6.45, 7) is 9.74. The first-order chi connectivity index (χ1) is 6.08. The van der Waals surface area contributed by atoms with Crippen molar-refractivity contribution in [2.75, 3.05) is 6.54 Å². The number of benzene rings is 1. The van der Waals surface area contributed by atoms with Crippen molar-refractivity contribution >= 4 is 12.4 Å². The first-order valence-electron chi connectivity index (χ1n) is 4.89. The second-order valence-electron chi connectivity index (χ2n) is 3.97. The van der Waals surface area contributed by atoms with Crippen LogP contribution in [0, 0.1) is 6.92 Å². The summed E-state index contributed by atoms with van der Waals surface area (Å²) in [5.74, 6) is 0. The fourth-order valence-electron chi connectivity index (χ4n) is 1.81. The zero-order chi connectivity index (χ0) is 9.90. The van der Waals surface area contributed by atoms with Crippen LogP contribution in [0.5, 0.6) is 0 Å². The molecule has 1 aromatic carbocycles. The van der Waals surface area contributed by atoms with Crippen LogP contribution < -0.4 is 5.32 Å². The first kappa shape index (κ1) is 13.5. The quantitative estimate of drug-likeness (QED) is 0.813. The van der Waals surface area contributed by atoms with E-state index in [-0.39, 0.29) is 17.9 Å². The van der Waals surface area contributed by atoms with Gasteiger partial charge in [0, 0.05) is 5.54 Å². The molecule has 0 bridgehead atoms. The van der Waals surface area contributed by atoms with Gasteiger partial charge in [-0.15, -0.1) is 12.4 Å². The van der Waals surface area contributed by atoms with Crippen molar-refractivity contribution in [1.29, 1.82) is 0 Å². The molecular weight excluding hydrogens is 194 g/mol. The van der Waals surface area contributed by atoms with E-state index in [1.807, 2.05) is 0 Å². The standard InChI is InChI=1S/C12H19N.ClH/c1-5-13-12(3,4)11-9-7-6-8-10(11)2;/h6-9,13H,5H2,1-4H3;1H. The van der Waals surface area contributed by atoms with Gasteiger partial charge in [0.2, 0.25) is 0 Å². The van der Waals surface area contributed by atoms with E-state index in [4.69, 9.17) is 0 Å². The van der Waals surface area contributed by atoms with E-state index in [0.29, 0.717) is 0 Å². The summed E-state index contributed by atoms with van der Waals surface area (Å²) in [4.78, 5) is 0. The molecule has 1 N–H and O–H groups in total. The lowest BCUT2D eigenvalue weighted by molar-refractivity contribution is 0.414. The van der Waals surface area contributed by atoms with E-state index >= 15 is 0 Å². The summed E-state index contributed by atoms with van der Waals surface area (Å²) in [6.07, 6.45) is 0. The van der Waals surface area contributed by atoms with Gasteiger partial charge in [-0.05, 0) is 38.4 Å². The van der Waals surface area contributed by atoms with Gasteiger partial charge >= 0.3 is 0 Å². The van der Waals surface area contributed by atoms with E-state index < -0.39 is 0 Å². The third kappa shape index (κ3) is 3.00. The van der Waals surface area contributed by atoms with Crippen LogP contribution in [0.4, 0.5) is 0 Å². The van der Waals surface area contributed by atoms with E-state index in [1.54, 1.807) is 0 Å². The predicted octanol–water partition coefficient (Wildman–Crippen LogP) is 3.26. The number of hydrogen-bond acceptors (Lipinski definition) is 1. The van der Waals surface area contributed by atoms with Crippen LogP contribution in [-0.4, -0.2) is 6.54 Å². The van der Waals surface area contributed by atoms with Crippen molar-refractivity contribution in [2.45, 2.75) is 33.2 Å². The molecule has 80 valence electrons. The number of aryl methyl sites for hydroxylation is 1. The molecule has 0 aliphatic rings. The second kappa shape index (κ2) is 5.38. The Kier molecular flexibility index (Phi) is 5.17. The van der Waals surface area contributed by atoms with Gasteiger partial charge in [-0.25, -0.2) is 0 Å². The highest BCUT2D eigenvalue weighted by atomic mass is 35.5. The molecule has 0 saturated carbocycles. The van der Waals surface area contributed by atoms with Gasteiger partial charge in [0.25, 0.3) is 0 Å². The Morgan fingerprint density at radius 2 is 1.79 bits per heavy atom. The normalized spacial score (nSPS) is 10.9. The molecule has 14 heavy (non-hydrogen) atoms. The lowest BCUT2D eigenvalue weighted by Gasteiger charge is -2.28. The SMILES string of the molecule is CCNC(C)(C)c1ccccc1C.Cl. The Bertz CT molecular complexity index is 281. The summed E-state index contributed by atoms with van der Waals surface area (Å²) >= 11 is 0. The summed E-state index contributed by atoms with van der Waals surface area (Å²) in [5, 5.41) is 3.48. The smallest absolute Gasteiger partial charge is 0.0379 e. The van der Waals surface area contributed by atoms with Crippen molar-refractivity contribution < 1.29 is 0 Å². The fraction of sp³-hybridized carbons (Fsp3) is 0.500. The molecule has 0 unspecified atom stereocenters. The van der Waals surface area contributed by atoms with Crippen molar-refractivity contribution in [3.8, 4) is 0 Å². The van der Waals surface area contributed by atoms with Gasteiger partial charge in [-0.1, -0.05) is 31.2 Å². The molecule has 0 heterocycles. The van der Waals surface area contributed by atoms with Crippen molar-refractivity contribution in [3.63, 3.8) is 0 Å². The Morgan fingerprint density at radius 3 is 2.29 bits per heavy atom. The Morgan fingerprint density at radius 1 is 1.21 bits per heavy atom. The average molecular weight is 214 g/mol. The highest BCUT2D eigenvalue weighted by molar-refractivity contribution is 5.85. The molecule has 0 spiro atoms. The Labute approximate surface area is 93.3 Å². The molecule has 0 saturated heterocycles. The largest absolute Gasteiger partial charge is 0.308 e. The molecule has 0 aromatic heterocycles. The molecule has 0 fully saturated rings. The van der Waals surface area contributed by atoms with Crippen molar-refractivity contribution in [2.24, 2.45) is 0 Å². The summed E-state index contributed by atoms with van der Waals surface area (Å²) in [7, 11) is 0. The molecule has 0 aliphatic heterocycles. The van der Waals surface area contributed by atoms with E-state index in [9.17, 15) is 0 Å². The van der Waals surface area contributed by atoms with E-state index in [0.717, 1.165) is 6.54 Å². The molecule has 1 aromatic rings. The molecule has 0 radical (unpaired) electrons. The monoisotopic (exact) mass is 213 g/mol. The number of hydrogen-bond donors (Lipinski definition) is 1. The van der Waals surface area contributed by atoms with Gasteiger partial charge in [-0.3, -0.25) is 0 Å². The lowest BCUT2D eigenvalue weighted by Crippen LogP contribution is -2.36. The van der Waals surface area contributed by atoms with Crippen LogP contribution in [0.2, 0.25) is 0 Å². The molecule has 1 rings (SSSR count). The van der Waals surface area contributed by atoms with Crippen molar-refractivity contribution in [1.82, 2.24) is 5.32 Å². The highest BCUT2D eigenvalue weighted by Gasteiger charge is 2.19. The van der Waals surface area contributed by atoms with Crippen LogP contribution in [0.25, 0.3) is 0 Å². The Hall–Kier alpha value is -0.530. The van der Waals surface area contributed by atoms with E-state index in [2.05, 4.69) is 57.3 Å². The van der Waals surface area contributed by atoms with Gasteiger partial charge < -0.3 is 5.32 Å². The molecular formula is C12H20ClN. The minimum Gasteiger partial charge on any atom is -0.308 e. The van der Waals surface area contributed by atoms with Crippen LogP contribution in [0.1, 0.15) is 31.9 Å². The summed E-state index contributed by atoms with van der Waals surface area (Å²) < 4.78 is 0. The van der Waals surface area contributed by atoms with Crippen LogP contribution >= 0.6 is 12.4 Å². The summed E-state index contributed by atoms with van der Waals surface area (Å²) in [5.41, 5.74) is 2.82. The minimum atomic E-state index is 0. The minimum absolute atomic E-state index is 0. The molecule has 0 amide bonds. The first-order valence-corrected chi connectivity index (χ1v) is 4.89. The lowest BCUT2D eigenvalue weighted by atomic mass is 9.90. The van der Waals surface area contributed by atoms with Gasteiger partial charge in [0.15, 0.2) is 0 Å². The maximum absolute atomic E-state index is 3.48. The molecule has 1 nitrogen and oxygen atoms in total. The van der Waals surface area contributed by atoms with Crippen LogP contribution in [0.3, 0.4) is 0 Å². The second-order valence-corrected chi connectivity index (χ2v) is 3.97. The van der Waals surface area contributed by atoms with E-state index in [1.165, 1.54) is 11.1 Å². The third-order valence-electron chi connectivity index (χ3n) is 2.44. The third-order valence-corrected chi connectivity index (χ3v) is 2.44. The van der Waals surface area contributed by atoms with Gasteiger partial charge in [-0.2, -0.15) is 0 Å².